The highest BCUT2D eigenvalue weighted by Gasteiger charge is 2.17. The third-order valence-electron chi connectivity index (χ3n) is 1.90. The van der Waals surface area contributed by atoms with E-state index >= 15 is 0 Å². The van der Waals surface area contributed by atoms with E-state index in [0.29, 0.717) is 13.7 Å². The van der Waals surface area contributed by atoms with Gasteiger partial charge in [0.05, 0.1) is 9.16 Å². The standard InChI is InChI=1S/C10H22S10/c1-8(14)19-6-15-7-20-10(18-5-13)2-9(16-3-11)17-4-12/h8-14H,2-7H2,1H3. The molecule has 0 fully saturated rings. The van der Waals surface area contributed by atoms with Crippen LogP contribution in [0.15, 0.2) is 0 Å². The lowest BCUT2D eigenvalue weighted by Crippen LogP contribution is -2.08. The molecule has 122 valence electrons. The van der Waals surface area contributed by atoms with E-state index in [0.717, 1.165) is 25.4 Å². The van der Waals surface area contributed by atoms with Crippen LogP contribution in [0.25, 0.3) is 0 Å². The van der Waals surface area contributed by atoms with E-state index in [1.54, 1.807) is 0 Å². The van der Waals surface area contributed by atoms with Crippen LogP contribution in [0.1, 0.15) is 13.3 Å². The lowest BCUT2D eigenvalue weighted by molar-refractivity contribution is 1.03. The van der Waals surface area contributed by atoms with Gasteiger partial charge in [-0.25, -0.2) is 0 Å². The molecule has 0 aliphatic carbocycles. The second-order valence-corrected chi connectivity index (χ2v) is 15.1. The van der Waals surface area contributed by atoms with Crippen LogP contribution < -0.4 is 0 Å². The van der Waals surface area contributed by atoms with Crippen LogP contribution >= 0.6 is 121 Å². The van der Waals surface area contributed by atoms with E-state index in [4.69, 9.17) is 0 Å². The quantitative estimate of drug-likeness (QED) is 0.135. The van der Waals surface area contributed by atoms with Gasteiger partial charge in [0.2, 0.25) is 0 Å². The van der Waals surface area contributed by atoms with Gasteiger partial charge in [-0.05, 0) is 13.3 Å². The average Bonchev–Trinajstić information content (AvgIpc) is 2.38. The molecule has 20 heavy (non-hydrogen) atoms. The first kappa shape index (κ1) is 23.5. The highest BCUT2D eigenvalue weighted by Crippen LogP contribution is 2.38. The van der Waals surface area contributed by atoms with E-state index < -0.39 is 0 Å². The Labute approximate surface area is 171 Å². The van der Waals surface area contributed by atoms with E-state index in [1.165, 1.54) is 6.42 Å². The predicted molar refractivity (Wildman–Crippen MR) is 127 cm³/mol. The average molecular weight is 463 g/mol. The third kappa shape index (κ3) is 15.1. The molecular formula is C10H22S10. The lowest BCUT2D eigenvalue weighted by Gasteiger charge is -2.21. The van der Waals surface area contributed by atoms with Crippen LogP contribution in [0.2, 0.25) is 0 Å². The molecule has 0 aromatic rings. The van der Waals surface area contributed by atoms with Crippen molar-refractivity contribution in [2.45, 2.75) is 27.1 Å². The van der Waals surface area contributed by atoms with Crippen molar-refractivity contribution in [1.82, 2.24) is 0 Å². The molecule has 10 heteroatoms. The molecule has 0 saturated carbocycles. The molecule has 0 amide bonds. The van der Waals surface area contributed by atoms with Gasteiger partial charge in [0.25, 0.3) is 0 Å². The number of hydrogen-bond donors (Lipinski definition) is 4. The van der Waals surface area contributed by atoms with Gasteiger partial charge >= 0.3 is 0 Å². The van der Waals surface area contributed by atoms with Crippen LogP contribution in [-0.4, -0.2) is 39.2 Å². The molecule has 0 aromatic carbocycles. The number of thioether (sulfide) groups is 6. The Morgan fingerprint density at radius 3 is 1.65 bits per heavy atom. The van der Waals surface area contributed by atoms with Gasteiger partial charge in [0.1, 0.15) is 0 Å². The van der Waals surface area contributed by atoms with Crippen LogP contribution in [0, 0.1) is 0 Å². The maximum atomic E-state index is 4.37. The first-order valence-electron chi connectivity index (χ1n) is 5.80. The smallest absolute Gasteiger partial charge is 0.0537 e. The fraction of sp³-hybridized carbons (Fsp3) is 1.00. The summed E-state index contributed by atoms with van der Waals surface area (Å²) in [5.74, 6) is 0. The zero-order valence-electron chi connectivity index (χ0n) is 11.2. The first-order valence-corrected chi connectivity index (χ1v) is 14.6. The zero-order valence-corrected chi connectivity index (χ0v) is 19.7. The van der Waals surface area contributed by atoms with Crippen molar-refractivity contribution in [2.75, 3.05) is 25.4 Å². The highest BCUT2D eigenvalue weighted by atomic mass is 32.3. The zero-order chi connectivity index (χ0) is 15.2. The van der Waals surface area contributed by atoms with Gasteiger partial charge in [-0.2, -0.15) is 50.5 Å². The molecule has 0 saturated heterocycles. The number of rotatable bonds is 14. The summed E-state index contributed by atoms with van der Waals surface area (Å²) in [5, 5.41) is 4.90. The highest BCUT2D eigenvalue weighted by molar-refractivity contribution is 8.28. The second-order valence-electron chi connectivity index (χ2n) is 3.35. The molecule has 0 spiro atoms. The lowest BCUT2D eigenvalue weighted by atomic mass is 10.5. The molecule has 0 heterocycles. The Hall–Kier alpha value is 3.50. The largest absolute Gasteiger partial charge is 0.168 e. The Balaban J connectivity index is 3.93. The molecule has 0 bridgehead atoms. The maximum Gasteiger partial charge on any atom is 0.0537 e. The van der Waals surface area contributed by atoms with Crippen LogP contribution in [0.5, 0.6) is 0 Å². The van der Waals surface area contributed by atoms with Crippen molar-refractivity contribution >= 4 is 121 Å². The number of hydrogen-bond acceptors (Lipinski definition) is 10. The fourth-order valence-electron chi connectivity index (χ4n) is 1.08. The summed E-state index contributed by atoms with van der Waals surface area (Å²) in [6.45, 7) is 2.12. The Morgan fingerprint density at radius 2 is 1.20 bits per heavy atom. The van der Waals surface area contributed by atoms with E-state index in [1.807, 2.05) is 70.6 Å². The molecule has 0 rings (SSSR count). The third-order valence-corrected chi connectivity index (χ3v) is 10.9. The summed E-state index contributed by atoms with van der Waals surface area (Å²) >= 11 is 29.1. The molecular weight excluding hydrogens is 441 g/mol. The van der Waals surface area contributed by atoms with Gasteiger partial charge in [-0.1, -0.05) is 0 Å². The summed E-state index contributed by atoms with van der Waals surface area (Å²) in [4.78, 5) is 0. The van der Waals surface area contributed by atoms with Crippen molar-refractivity contribution in [1.29, 1.82) is 0 Å². The summed E-state index contributed by atoms with van der Waals surface area (Å²) in [6, 6.07) is 0. The van der Waals surface area contributed by atoms with Crippen molar-refractivity contribution in [3.63, 3.8) is 0 Å². The van der Waals surface area contributed by atoms with Gasteiger partial charge < -0.3 is 0 Å². The van der Waals surface area contributed by atoms with E-state index in [9.17, 15) is 0 Å². The number of thiol groups is 4. The Bertz CT molecular complexity index is 196. The molecule has 0 nitrogen and oxygen atoms in total. The van der Waals surface area contributed by atoms with Crippen molar-refractivity contribution in [3.05, 3.63) is 0 Å². The summed E-state index contributed by atoms with van der Waals surface area (Å²) < 4.78 is 1.63. The maximum absolute atomic E-state index is 4.37. The summed E-state index contributed by atoms with van der Waals surface area (Å²) in [6.07, 6.45) is 1.18. The second kappa shape index (κ2) is 17.3. The normalized spacial score (nSPS) is 14.7. The molecule has 0 aromatic heterocycles. The van der Waals surface area contributed by atoms with Gasteiger partial charge in [0, 0.05) is 30.0 Å². The van der Waals surface area contributed by atoms with Crippen LogP contribution in [-0.2, 0) is 0 Å². The Kier molecular flexibility index (Phi) is 20.4. The minimum absolute atomic E-state index is 0.429. The predicted octanol–water partition coefficient (Wildman–Crippen LogP) is 6.28. The van der Waals surface area contributed by atoms with Crippen LogP contribution in [0.4, 0.5) is 0 Å². The van der Waals surface area contributed by atoms with Crippen molar-refractivity contribution in [2.24, 2.45) is 0 Å². The SMILES string of the molecule is CC(S)SCSCSC(CC(SCS)SCS)SCS. The van der Waals surface area contributed by atoms with Crippen molar-refractivity contribution in [3.8, 4) is 0 Å². The summed E-state index contributed by atoms with van der Waals surface area (Å²) in [7, 11) is 0. The Morgan fingerprint density at radius 1 is 0.750 bits per heavy atom. The van der Waals surface area contributed by atoms with Crippen LogP contribution in [0.3, 0.4) is 0 Å². The fourth-order valence-corrected chi connectivity index (χ4v) is 11.4. The first-order chi connectivity index (χ1) is 9.63. The topological polar surface area (TPSA) is 0 Å². The van der Waals surface area contributed by atoms with Gasteiger partial charge in [0.15, 0.2) is 0 Å². The van der Waals surface area contributed by atoms with E-state index in [2.05, 4.69) is 57.4 Å². The minimum Gasteiger partial charge on any atom is -0.168 e. The minimum atomic E-state index is 0.429. The molecule has 0 radical (unpaired) electrons. The molecule has 0 N–H and O–H groups in total. The molecule has 2 unspecified atom stereocenters. The molecule has 2 atom stereocenters. The molecule has 0 aliphatic rings. The van der Waals surface area contributed by atoms with E-state index in [-0.39, 0.29) is 0 Å². The molecule has 0 aliphatic heterocycles. The summed E-state index contributed by atoms with van der Waals surface area (Å²) in [5.41, 5.74) is 0. The van der Waals surface area contributed by atoms with Gasteiger partial charge in [-0.15, -0.1) is 70.6 Å². The monoisotopic (exact) mass is 462 g/mol. The van der Waals surface area contributed by atoms with Gasteiger partial charge in [-0.3, -0.25) is 0 Å². The van der Waals surface area contributed by atoms with Crippen molar-refractivity contribution < 1.29 is 0 Å².